The number of halogens is 2. The Morgan fingerprint density at radius 2 is 1.95 bits per heavy atom. The fraction of sp³-hybridized carbons (Fsp3) is 0.562. The summed E-state index contributed by atoms with van der Waals surface area (Å²) in [4.78, 5) is 12.0. The van der Waals surface area contributed by atoms with E-state index in [0.29, 0.717) is 24.4 Å². The molecule has 2 N–H and O–H groups in total. The number of carbonyl (C=O) groups is 1. The highest BCUT2D eigenvalue weighted by molar-refractivity contribution is 5.96. The molecule has 20 heavy (non-hydrogen) atoms. The fourth-order valence-electron chi connectivity index (χ4n) is 2.45. The molecular formula is C16H23F2NO. The van der Waals surface area contributed by atoms with Gasteiger partial charge in [0.05, 0.1) is 5.56 Å². The quantitative estimate of drug-likeness (QED) is 0.733. The van der Waals surface area contributed by atoms with E-state index in [1.165, 1.54) is 13.0 Å². The first-order valence-corrected chi connectivity index (χ1v) is 7.19. The van der Waals surface area contributed by atoms with Gasteiger partial charge in [0.1, 0.15) is 11.6 Å². The molecule has 0 spiro atoms. The summed E-state index contributed by atoms with van der Waals surface area (Å²) >= 11 is 0. The first-order valence-electron chi connectivity index (χ1n) is 7.19. The third-order valence-corrected chi connectivity index (χ3v) is 3.61. The number of Topliss-reactive ketones (excluding diaryl/α,β-unsaturated/α-hetero) is 1. The molecule has 0 saturated carbocycles. The maximum Gasteiger partial charge on any atom is 0.168 e. The molecule has 0 aliphatic carbocycles. The number of hydrogen-bond acceptors (Lipinski definition) is 2. The minimum Gasteiger partial charge on any atom is -0.330 e. The largest absolute Gasteiger partial charge is 0.330 e. The van der Waals surface area contributed by atoms with Gasteiger partial charge in [-0.15, -0.1) is 0 Å². The van der Waals surface area contributed by atoms with Crippen LogP contribution in [0.5, 0.6) is 0 Å². The van der Waals surface area contributed by atoms with E-state index in [1.807, 2.05) is 0 Å². The van der Waals surface area contributed by atoms with Crippen LogP contribution in [-0.2, 0) is 0 Å². The smallest absolute Gasteiger partial charge is 0.168 e. The zero-order valence-electron chi connectivity index (χ0n) is 12.2. The van der Waals surface area contributed by atoms with Crippen LogP contribution in [0.2, 0.25) is 0 Å². The topological polar surface area (TPSA) is 43.1 Å². The number of ketones is 1. The minimum atomic E-state index is -0.774. The number of carbonyl (C=O) groups excluding carboxylic acids is 1. The lowest BCUT2D eigenvalue weighted by atomic mass is 9.92. The van der Waals surface area contributed by atoms with Crippen molar-refractivity contribution in [2.45, 2.75) is 46.0 Å². The summed E-state index contributed by atoms with van der Waals surface area (Å²) in [6.07, 6.45) is 3.66. The van der Waals surface area contributed by atoms with E-state index in [4.69, 9.17) is 5.73 Å². The molecule has 0 aliphatic rings. The van der Waals surface area contributed by atoms with E-state index < -0.39 is 23.0 Å². The second-order valence-corrected chi connectivity index (χ2v) is 5.25. The Hall–Kier alpha value is -1.29. The zero-order chi connectivity index (χ0) is 15.1. The fourth-order valence-corrected chi connectivity index (χ4v) is 2.45. The van der Waals surface area contributed by atoms with Gasteiger partial charge in [-0.3, -0.25) is 4.79 Å². The number of hydrogen-bond donors (Lipinski definition) is 1. The third kappa shape index (κ3) is 4.37. The average molecular weight is 283 g/mol. The van der Waals surface area contributed by atoms with E-state index in [0.717, 1.165) is 25.3 Å². The molecule has 1 aromatic carbocycles. The van der Waals surface area contributed by atoms with Crippen molar-refractivity contribution < 1.29 is 13.6 Å². The molecule has 0 fully saturated rings. The number of nitrogens with two attached hydrogens (primary N) is 1. The Labute approximate surface area is 119 Å². The predicted octanol–water partition coefficient (Wildman–Crippen LogP) is 4.00. The van der Waals surface area contributed by atoms with Crippen LogP contribution in [0.15, 0.2) is 12.1 Å². The van der Waals surface area contributed by atoms with E-state index in [2.05, 4.69) is 6.92 Å². The minimum absolute atomic E-state index is 0.169. The van der Waals surface area contributed by atoms with Crippen LogP contribution < -0.4 is 5.73 Å². The summed E-state index contributed by atoms with van der Waals surface area (Å²) in [6.45, 7) is 4.18. The Morgan fingerprint density at radius 1 is 1.25 bits per heavy atom. The number of aryl methyl sites for hydroxylation is 1. The van der Waals surface area contributed by atoms with Crippen LogP contribution >= 0.6 is 0 Å². The molecule has 0 aliphatic heterocycles. The van der Waals surface area contributed by atoms with Gasteiger partial charge in [0.2, 0.25) is 0 Å². The SMILES string of the molecule is CCCC(CCN)CCC(=O)c1c(F)ccc(C)c1F. The lowest BCUT2D eigenvalue weighted by molar-refractivity contribution is 0.0963. The molecule has 4 heteroatoms. The molecule has 0 heterocycles. The Bertz CT molecular complexity index is 454. The first-order chi connectivity index (χ1) is 9.51. The van der Waals surface area contributed by atoms with Crippen LogP contribution in [0, 0.1) is 24.5 Å². The van der Waals surface area contributed by atoms with Gasteiger partial charge in [-0.1, -0.05) is 25.8 Å². The molecule has 2 nitrogen and oxygen atoms in total. The zero-order valence-corrected chi connectivity index (χ0v) is 12.2. The van der Waals surface area contributed by atoms with Gasteiger partial charge in [0, 0.05) is 6.42 Å². The highest BCUT2D eigenvalue weighted by atomic mass is 19.1. The number of rotatable bonds is 8. The molecule has 0 radical (unpaired) electrons. The highest BCUT2D eigenvalue weighted by Gasteiger charge is 2.20. The second-order valence-electron chi connectivity index (χ2n) is 5.25. The summed E-state index contributed by atoms with van der Waals surface area (Å²) in [5, 5.41) is 0. The Morgan fingerprint density at radius 3 is 2.55 bits per heavy atom. The van der Waals surface area contributed by atoms with Gasteiger partial charge in [-0.05, 0) is 43.9 Å². The van der Waals surface area contributed by atoms with Crippen molar-refractivity contribution in [3.8, 4) is 0 Å². The molecular weight excluding hydrogens is 260 g/mol. The Balaban J connectivity index is 2.74. The molecule has 0 amide bonds. The molecule has 1 aromatic rings. The maximum absolute atomic E-state index is 13.9. The average Bonchev–Trinajstić information content (AvgIpc) is 2.41. The maximum atomic E-state index is 13.9. The standard InChI is InChI=1S/C16H23F2NO/c1-3-4-12(9-10-19)6-8-14(20)15-13(17)7-5-11(2)16(15)18/h5,7,12H,3-4,6,8-10,19H2,1-2H3. The van der Waals surface area contributed by atoms with Crippen molar-refractivity contribution in [2.24, 2.45) is 11.7 Å². The van der Waals surface area contributed by atoms with Crippen LogP contribution in [0.1, 0.15) is 54.9 Å². The predicted molar refractivity (Wildman–Crippen MR) is 76.7 cm³/mol. The first kappa shape index (κ1) is 16.8. The lowest BCUT2D eigenvalue weighted by Gasteiger charge is -2.14. The van der Waals surface area contributed by atoms with Crippen molar-refractivity contribution >= 4 is 5.78 Å². The summed E-state index contributed by atoms with van der Waals surface area (Å²) in [7, 11) is 0. The summed E-state index contributed by atoms with van der Waals surface area (Å²) < 4.78 is 27.5. The van der Waals surface area contributed by atoms with Gasteiger partial charge in [-0.25, -0.2) is 8.78 Å². The third-order valence-electron chi connectivity index (χ3n) is 3.61. The van der Waals surface area contributed by atoms with Crippen molar-refractivity contribution in [3.63, 3.8) is 0 Å². The van der Waals surface area contributed by atoms with Gasteiger partial charge < -0.3 is 5.73 Å². The van der Waals surface area contributed by atoms with Gasteiger partial charge >= 0.3 is 0 Å². The summed E-state index contributed by atoms with van der Waals surface area (Å²) in [5.74, 6) is -1.61. The summed E-state index contributed by atoms with van der Waals surface area (Å²) in [6, 6.07) is 2.49. The molecule has 0 saturated heterocycles. The molecule has 0 aromatic heterocycles. The van der Waals surface area contributed by atoms with Crippen molar-refractivity contribution in [3.05, 3.63) is 34.9 Å². The molecule has 1 unspecified atom stereocenters. The number of benzene rings is 1. The normalized spacial score (nSPS) is 12.4. The van der Waals surface area contributed by atoms with E-state index in [9.17, 15) is 13.6 Å². The van der Waals surface area contributed by atoms with E-state index in [1.54, 1.807) is 0 Å². The highest BCUT2D eigenvalue weighted by Crippen LogP contribution is 2.22. The van der Waals surface area contributed by atoms with Crippen molar-refractivity contribution in [1.29, 1.82) is 0 Å². The van der Waals surface area contributed by atoms with Crippen LogP contribution in [-0.4, -0.2) is 12.3 Å². The van der Waals surface area contributed by atoms with Crippen LogP contribution in [0.3, 0.4) is 0 Å². The Kier molecular flexibility index (Phi) is 6.79. The van der Waals surface area contributed by atoms with E-state index >= 15 is 0 Å². The second kappa shape index (κ2) is 8.10. The van der Waals surface area contributed by atoms with Gasteiger partial charge in [-0.2, -0.15) is 0 Å². The van der Waals surface area contributed by atoms with Crippen molar-refractivity contribution in [1.82, 2.24) is 0 Å². The van der Waals surface area contributed by atoms with Gasteiger partial charge in [0.25, 0.3) is 0 Å². The van der Waals surface area contributed by atoms with E-state index in [-0.39, 0.29) is 6.42 Å². The van der Waals surface area contributed by atoms with Crippen molar-refractivity contribution in [2.75, 3.05) is 6.54 Å². The van der Waals surface area contributed by atoms with Crippen LogP contribution in [0.4, 0.5) is 8.78 Å². The lowest BCUT2D eigenvalue weighted by Crippen LogP contribution is -2.13. The molecule has 1 atom stereocenters. The molecule has 0 bridgehead atoms. The molecule has 112 valence electrons. The van der Waals surface area contributed by atoms with Crippen LogP contribution in [0.25, 0.3) is 0 Å². The monoisotopic (exact) mass is 283 g/mol. The van der Waals surface area contributed by atoms with Gasteiger partial charge in [0.15, 0.2) is 5.78 Å². The molecule has 1 rings (SSSR count). The summed E-state index contributed by atoms with van der Waals surface area (Å²) in [5.41, 5.74) is 5.44.